The zero-order valence-corrected chi connectivity index (χ0v) is 12.4. The summed E-state index contributed by atoms with van der Waals surface area (Å²) in [6.07, 6.45) is 7.13. The maximum atomic E-state index is 6.05. The monoisotopic (exact) mass is 297 g/mol. The summed E-state index contributed by atoms with van der Waals surface area (Å²) in [5.74, 6) is 0.558. The lowest BCUT2D eigenvalue weighted by molar-refractivity contribution is 0.932. The highest BCUT2D eigenvalue weighted by Crippen LogP contribution is 2.38. The Kier molecular flexibility index (Phi) is 3.79. The summed E-state index contributed by atoms with van der Waals surface area (Å²) < 4.78 is 4.30. The van der Waals surface area contributed by atoms with E-state index in [4.69, 9.17) is 5.73 Å². The molecule has 0 atom stereocenters. The Balaban J connectivity index is 1.93. The van der Waals surface area contributed by atoms with Gasteiger partial charge in [-0.15, -0.1) is 0 Å². The Hall–Kier alpha value is -2.47. The summed E-state index contributed by atoms with van der Waals surface area (Å²) in [5, 5.41) is 1.05. The maximum Gasteiger partial charge on any atom is 0.147 e. The van der Waals surface area contributed by atoms with E-state index in [-0.39, 0.29) is 0 Å². The van der Waals surface area contributed by atoms with Gasteiger partial charge in [0, 0.05) is 38.4 Å². The molecule has 2 N–H and O–H groups in total. The van der Waals surface area contributed by atoms with Crippen molar-refractivity contribution in [3.05, 3.63) is 54.6 Å². The molecule has 0 bridgehead atoms. The first kappa shape index (κ1) is 13.5. The Labute approximate surface area is 127 Å². The molecule has 0 saturated carbocycles. The summed E-state index contributed by atoms with van der Waals surface area (Å²) in [4.78, 5) is 10.2. The topological polar surface area (TPSA) is 67.9 Å². The zero-order chi connectivity index (χ0) is 14.7. The number of anilines is 2. The van der Waals surface area contributed by atoms with Crippen molar-refractivity contribution in [1.82, 2.24) is 14.3 Å². The van der Waals surface area contributed by atoms with Crippen molar-refractivity contribution in [1.29, 1.82) is 0 Å². The van der Waals surface area contributed by atoms with Crippen molar-refractivity contribution in [2.75, 3.05) is 17.7 Å². The summed E-state index contributed by atoms with van der Waals surface area (Å²) in [7, 11) is 2.04. The van der Waals surface area contributed by atoms with Crippen molar-refractivity contribution < 1.29 is 0 Å². The van der Waals surface area contributed by atoms with Gasteiger partial charge in [0.15, 0.2) is 0 Å². The fourth-order valence-electron chi connectivity index (χ4n) is 2.18. The van der Waals surface area contributed by atoms with Gasteiger partial charge in [0.2, 0.25) is 0 Å². The van der Waals surface area contributed by atoms with Crippen LogP contribution in [0.5, 0.6) is 0 Å². The number of nitrogens with two attached hydrogens (primary N) is 1. The molecule has 3 aromatic heterocycles. The zero-order valence-electron chi connectivity index (χ0n) is 11.6. The van der Waals surface area contributed by atoms with Crippen molar-refractivity contribution in [2.45, 2.75) is 6.54 Å². The first-order valence-electron chi connectivity index (χ1n) is 6.51. The molecule has 6 heteroatoms. The van der Waals surface area contributed by atoms with Crippen LogP contribution in [0.3, 0.4) is 0 Å². The highest BCUT2D eigenvalue weighted by atomic mass is 32.1. The Morgan fingerprint density at radius 3 is 2.33 bits per heavy atom. The summed E-state index contributed by atoms with van der Waals surface area (Å²) in [6.45, 7) is 0.780. The second-order valence-electron chi connectivity index (χ2n) is 4.70. The van der Waals surface area contributed by atoms with Crippen LogP contribution < -0.4 is 10.6 Å². The third kappa shape index (κ3) is 2.85. The van der Waals surface area contributed by atoms with Gasteiger partial charge in [0.1, 0.15) is 10.8 Å². The van der Waals surface area contributed by atoms with Gasteiger partial charge in [-0.3, -0.25) is 9.97 Å². The minimum absolute atomic E-state index is 0.558. The Morgan fingerprint density at radius 1 is 1.05 bits per heavy atom. The molecule has 0 aliphatic heterocycles. The van der Waals surface area contributed by atoms with Crippen LogP contribution in [-0.2, 0) is 6.54 Å². The molecular weight excluding hydrogens is 282 g/mol. The maximum absolute atomic E-state index is 6.05. The first-order chi connectivity index (χ1) is 10.3. The Morgan fingerprint density at radius 2 is 1.67 bits per heavy atom. The second-order valence-corrected chi connectivity index (χ2v) is 5.45. The van der Waals surface area contributed by atoms with Gasteiger partial charge in [0.25, 0.3) is 0 Å². The van der Waals surface area contributed by atoms with Crippen LogP contribution >= 0.6 is 11.5 Å². The number of aromatic nitrogens is 3. The van der Waals surface area contributed by atoms with Gasteiger partial charge >= 0.3 is 0 Å². The molecule has 0 saturated heterocycles. The van der Waals surface area contributed by atoms with Crippen molar-refractivity contribution in [3.8, 4) is 11.1 Å². The average molecular weight is 297 g/mol. The molecule has 5 nitrogen and oxygen atoms in total. The number of pyridine rings is 2. The van der Waals surface area contributed by atoms with Gasteiger partial charge in [-0.2, -0.15) is 4.37 Å². The molecule has 3 aromatic rings. The minimum atomic E-state index is 0.558. The molecule has 3 rings (SSSR count). The number of hydrogen-bond donors (Lipinski definition) is 1. The quantitative estimate of drug-likeness (QED) is 0.802. The first-order valence-corrected chi connectivity index (χ1v) is 7.28. The summed E-state index contributed by atoms with van der Waals surface area (Å²) in [5.41, 5.74) is 9.25. The molecule has 0 aliphatic carbocycles. The second kappa shape index (κ2) is 5.88. The fraction of sp³-hybridized carbons (Fsp3) is 0.133. The third-order valence-corrected chi connectivity index (χ3v) is 4.16. The van der Waals surface area contributed by atoms with E-state index in [1.807, 2.05) is 31.3 Å². The third-order valence-electron chi connectivity index (χ3n) is 3.19. The largest absolute Gasteiger partial charge is 0.382 e. The van der Waals surface area contributed by atoms with Gasteiger partial charge in [0.05, 0.1) is 5.56 Å². The smallest absolute Gasteiger partial charge is 0.147 e. The van der Waals surface area contributed by atoms with Gasteiger partial charge in [-0.25, -0.2) is 0 Å². The number of nitrogen functional groups attached to an aromatic ring is 1. The van der Waals surface area contributed by atoms with Crippen molar-refractivity contribution in [2.24, 2.45) is 0 Å². The standard InChI is InChI=1S/C15H15N5S/c1-20(10-11-2-6-17-7-3-11)15-13(14(16)19-21-15)12-4-8-18-9-5-12/h2-9H,10H2,1H3,(H2,16,19). The molecule has 0 aliphatic rings. The molecule has 106 valence electrons. The molecule has 0 aromatic carbocycles. The van der Waals surface area contributed by atoms with Crippen LogP contribution in [0.1, 0.15) is 5.56 Å². The van der Waals surface area contributed by atoms with E-state index >= 15 is 0 Å². The normalized spacial score (nSPS) is 10.5. The van der Waals surface area contributed by atoms with Crippen LogP contribution in [0.15, 0.2) is 49.1 Å². The van der Waals surface area contributed by atoms with Crippen LogP contribution in [0.25, 0.3) is 11.1 Å². The molecule has 3 heterocycles. The number of rotatable bonds is 4. The summed E-state index contributed by atoms with van der Waals surface area (Å²) in [6, 6.07) is 7.91. The van der Waals surface area contributed by atoms with E-state index in [0.29, 0.717) is 5.82 Å². The van der Waals surface area contributed by atoms with Crippen LogP contribution in [-0.4, -0.2) is 21.4 Å². The lowest BCUT2D eigenvalue weighted by atomic mass is 10.1. The van der Waals surface area contributed by atoms with Crippen LogP contribution in [0.4, 0.5) is 10.8 Å². The van der Waals surface area contributed by atoms with Gasteiger partial charge in [-0.1, -0.05) is 0 Å². The lowest BCUT2D eigenvalue weighted by Crippen LogP contribution is -2.16. The van der Waals surface area contributed by atoms with E-state index in [0.717, 1.165) is 22.7 Å². The predicted octanol–water partition coefficient (Wildman–Crippen LogP) is 2.82. The van der Waals surface area contributed by atoms with Gasteiger partial charge in [-0.05, 0) is 46.9 Å². The highest BCUT2D eigenvalue weighted by Gasteiger charge is 2.17. The molecular formula is C15H15N5S. The minimum Gasteiger partial charge on any atom is -0.382 e. The van der Waals surface area contributed by atoms with Crippen molar-refractivity contribution in [3.63, 3.8) is 0 Å². The fourth-order valence-corrected chi connectivity index (χ4v) is 2.97. The molecule has 0 spiro atoms. The molecule has 21 heavy (non-hydrogen) atoms. The summed E-state index contributed by atoms with van der Waals surface area (Å²) >= 11 is 1.41. The number of hydrogen-bond acceptors (Lipinski definition) is 6. The molecule has 0 unspecified atom stereocenters. The van der Waals surface area contributed by atoms with Crippen LogP contribution in [0.2, 0.25) is 0 Å². The van der Waals surface area contributed by atoms with E-state index in [1.54, 1.807) is 24.8 Å². The Bertz CT molecular complexity index is 711. The van der Waals surface area contributed by atoms with Crippen LogP contribution in [0, 0.1) is 0 Å². The van der Waals surface area contributed by atoms with Gasteiger partial charge < -0.3 is 10.6 Å². The molecule has 0 fully saturated rings. The lowest BCUT2D eigenvalue weighted by Gasteiger charge is -2.18. The van der Waals surface area contributed by atoms with E-state index in [1.165, 1.54) is 17.1 Å². The number of nitrogens with zero attached hydrogens (tertiary/aromatic N) is 4. The SMILES string of the molecule is CN(Cc1ccncc1)c1snc(N)c1-c1ccncc1. The average Bonchev–Trinajstić information content (AvgIpc) is 2.91. The molecule has 0 radical (unpaired) electrons. The molecule has 0 amide bonds. The van der Waals surface area contributed by atoms with E-state index < -0.39 is 0 Å². The van der Waals surface area contributed by atoms with E-state index in [9.17, 15) is 0 Å². The van der Waals surface area contributed by atoms with E-state index in [2.05, 4.69) is 19.2 Å². The van der Waals surface area contributed by atoms with Crippen molar-refractivity contribution >= 4 is 22.4 Å². The highest BCUT2D eigenvalue weighted by molar-refractivity contribution is 7.11. The predicted molar refractivity (Wildman–Crippen MR) is 86.1 cm³/mol.